The van der Waals surface area contributed by atoms with Gasteiger partial charge in [0.05, 0.1) is 17.6 Å². The summed E-state index contributed by atoms with van der Waals surface area (Å²) in [4.78, 5) is 8.53. The van der Waals surface area contributed by atoms with Gasteiger partial charge < -0.3 is 14.7 Å². The first kappa shape index (κ1) is 22.5. The van der Waals surface area contributed by atoms with Crippen molar-refractivity contribution in [1.82, 2.24) is 9.97 Å². The van der Waals surface area contributed by atoms with Crippen molar-refractivity contribution in [2.75, 3.05) is 5.32 Å². The molecule has 6 rings (SSSR count). The Labute approximate surface area is 195 Å². The molecular formula is C27H43N3OSi. The highest BCUT2D eigenvalue weighted by molar-refractivity contribution is 6.77. The van der Waals surface area contributed by atoms with Crippen molar-refractivity contribution in [3.63, 3.8) is 0 Å². The van der Waals surface area contributed by atoms with E-state index in [9.17, 15) is 0 Å². The summed E-state index contributed by atoms with van der Waals surface area (Å²) in [5.41, 5.74) is 5.54. The van der Waals surface area contributed by atoms with E-state index in [4.69, 9.17) is 9.41 Å². The van der Waals surface area contributed by atoms with Crippen LogP contribution in [0.1, 0.15) is 85.6 Å². The molecule has 0 spiro atoms. The molecule has 5 heteroatoms. The van der Waals surface area contributed by atoms with Crippen LogP contribution in [0.5, 0.6) is 0 Å². The molecule has 0 atom stereocenters. The van der Waals surface area contributed by atoms with Crippen LogP contribution in [-0.2, 0) is 11.0 Å². The number of H-pyrrole nitrogens is 1. The molecule has 4 saturated carbocycles. The van der Waals surface area contributed by atoms with Crippen molar-refractivity contribution in [3.05, 3.63) is 23.8 Å². The number of anilines is 1. The number of rotatable bonds is 8. The normalized spacial score (nSPS) is 29.7. The van der Waals surface area contributed by atoms with Crippen LogP contribution >= 0.6 is 0 Å². The van der Waals surface area contributed by atoms with Gasteiger partial charge in [-0.3, -0.25) is 0 Å². The van der Waals surface area contributed by atoms with Gasteiger partial charge in [-0.2, -0.15) is 0 Å². The maximum absolute atomic E-state index is 6.84. The predicted octanol–water partition coefficient (Wildman–Crippen LogP) is 7.64. The number of hydrogen-bond donors (Lipinski definition) is 2. The van der Waals surface area contributed by atoms with E-state index in [0.29, 0.717) is 23.2 Å². The first-order valence-corrected chi connectivity index (χ1v) is 15.2. The summed E-state index contributed by atoms with van der Waals surface area (Å²) in [6.07, 6.45) is 8.42. The Kier molecular flexibility index (Phi) is 5.73. The molecule has 0 radical (unpaired) electrons. The Balaban J connectivity index is 1.32. The van der Waals surface area contributed by atoms with E-state index < -0.39 is 8.32 Å². The van der Waals surface area contributed by atoms with Gasteiger partial charge in [-0.1, -0.05) is 47.6 Å². The summed E-state index contributed by atoms with van der Waals surface area (Å²) in [5.74, 6) is 3.79. The lowest BCUT2D eigenvalue weighted by molar-refractivity contribution is 0.0104. The lowest BCUT2D eigenvalue weighted by Gasteiger charge is -2.56. The third-order valence-electron chi connectivity index (χ3n) is 9.16. The van der Waals surface area contributed by atoms with Crippen molar-refractivity contribution in [3.8, 4) is 0 Å². The van der Waals surface area contributed by atoms with E-state index in [0.717, 1.165) is 34.7 Å². The number of benzene rings is 1. The van der Waals surface area contributed by atoms with Crippen LogP contribution < -0.4 is 5.32 Å². The number of aromatic amines is 1. The molecule has 1 heterocycles. The minimum Gasteiger partial charge on any atom is -0.412 e. The Morgan fingerprint density at radius 2 is 1.53 bits per heavy atom. The molecule has 32 heavy (non-hydrogen) atoms. The zero-order valence-corrected chi connectivity index (χ0v) is 22.0. The molecule has 1 aromatic carbocycles. The van der Waals surface area contributed by atoms with Gasteiger partial charge in [0, 0.05) is 5.54 Å². The fourth-order valence-corrected chi connectivity index (χ4v) is 13.8. The van der Waals surface area contributed by atoms with Gasteiger partial charge in [0.15, 0.2) is 0 Å². The molecule has 4 nitrogen and oxygen atoms in total. The van der Waals surface area contributed by atoms with Gasteiger partial charge in [-0.25, -0.2) is 4.98 Å². The summed E-state index contributed by atoms with van der Waals surface area (Å²) in [6, 6.07) is 6.63. The maximum Gasteiger partial charge on any atom is 0.201 e. The molecule has 2 N–H and O–H groups in total. The third-order valence-corrected chi connectivity index (χ3v) is 15.2. The minimum atomic E-state index is -1.86. The van der Waals surface area contributed by atoms with Gasteiger partial charge in [-0.05, 0) is 90.6 Å². The zero-order valence-electron chi connectivity index (χ0n) is 21.0. The Bertz CT molecular complexity index is 906. The second-order valence-corrected chi connectivity index (χ2v) is 17.8. The lowest BCUT2D eigenvalue weighted by Crippen LogP contribution is -2.54. The highest BCUT2D eigenvalue weighted by Crippen LogP contribution is 2.56. The smallest absolute Gasteiger partial charge is 0.201 e. The number of nitrogens with zero attached hydrogens (tertiary/aromatic N) is 1. The molecule has 176 valence electrons. The van der Waals surface area contributed by atoms with E-state index in [1.54, 1.807) is 0 Å². The fraction of sp³-hybridized carbons (Fsp3) is 0.741. The van der Waals surface area contributed by atoms with Crippen LogP contribution in [0.4, 0.5) is 5.95 Å². The summed E-state index contributed by atoms with van der Waals surface area (Å²) in [7, 11) is -1.86. The average Bonchev–Trinajstić information content (AvgIpc) is 3.07. The molecule has 2 aromatic rings. The summed E-state index contributed by atoms with van der Waals surface area (Å²) in [6.45, 7) is 14.8. The van der Waals surface area contributed by atoms with Crippen molar-refractivity contribution in [1.29, 1.82) is 0 Å². The van der Waals surface area contributed by atoms with Crippen LogP contribution in [0.2, 0.25) is 16.6 Å². The van der Waals surface area contributed by atoms with E-state index in [1.165, 1.54) is 44.1 Å². The number of imidazole rings is 1. The Morgan fingerprint density at radius 3 is 2.06 bits per heavy atom. The van der Waals surface area contributed by atoms with Gasteiger partial charge in [-0.15, -0.1) is 0 Å². The molecule has 1 aromatic heterocycles. The van der Waals surface area contributed by atoms with Crippen LogP contribution in [0.25, 0.3) is 11.0 Å². The van der Waals surface area contributed by atoms with Gasteiger partial charge in [0.1, 0.15) is 0 Å². The van der Waals surface area contributed by atoms with Crippen molar-refractivity contribution in [2.24, 2.45) is 17.8 Å². The van der Waals surface area contributed by atoms with Crippen molar-refractivity contribution >= 4 is 25.3 Å². The van der Waals surface area contributed by atoms with E-state index >= 15 is 0 Å². The standard InChI is InChI=1S/C27H43N3OSi/c1-17(2)32(18(3)4,19(5)6)31-16-20-7-8-24-25(12-20)29-26(28-24)30-27-13-21-9-22(14-27)11-23(10-21)15-27/h7-8,12,17-19,21-23H,9-11,13-16H2,1-6H3,(H2,28,29,30). The van der Waals surface area contributed by atoms with Crippen LogP contribution in [0.3, 0.4) is 0 Å². The predicted molar refractivity (Wildman–Crippen MR) is 136 cm³/mol. The van der Waals surface area contributed by atoms with Crippen LogP contribution in [-0.4, -0.2) is 23.8 Å². The highest BCUT2D eigenvalue weighted by atomic mass is 28.4. The lowest BCUT2D eigenvalue weighted by atomic mass is 9.53. The monoisotopic (exact) mass is 453 g/mol. The molecule has 0 aliphatic heterocycles. The maximum atomic E-state index is 6.84. The summed E-state index contributed by atoms with van der Waals surface area (Å²) >= 11 is 0. The number of nitrogens with one attached hydrogen (secondary N) is 2. The average molecular weight is 454 g/mol. The molecule has 4 aliphatic carbocycles. The van der Waals surface area contributed by atoms with Crippen LogP contribution in [0, 0.1) is 17.8 Å². The van der Waals surface area contributed by atoms with E-state index in [1.807, 2.05) is 0 Å². The first-order chi connectivity index (χ1) is 15.2. The quantitative estimate of drug-likeness (QED) is 0.404. The van der Waals surface area contributed by atoms with E-state index in [2.05, 4.69) is 70.0 Å². The van der Waals surface area contributed by atoms with Gasteiger partial charge >= 0.3 is 0 Å². The summed E-state index contributed by atoms with van der Waals surface area (Å²) < 4.78 is 6.84. The molecule has 0 unspecified atom stereocenters. The SMILES string of the molecule is CC(C)[Si](OCc1ccc2nc(NC34CC5CC(CC(C5)C3)C4)[nH]c2c1)(C(C)C)C(C)C. The molecule has 4 bridgehead atoms. The third kappa shape index (κ3) is 3.83. The molecule has 0 saturated heterocycles. The highest BCUT2D eigenvalue weighted by Gasteiger charge is 2.51. The Hall–Kier alpha value is -1.33. The van der Waals surface area contributed by atoms with Crippen molar-refractivity contribution < 1.29 is 4.43 Å². The van der Waals surface area contributed by atoms with E-state index in [-0.39, 0.29) is 5.54 Å². The number of hydrogen-bond acceptors (Lipinski definition) is 3. The Morgan fingerprint density at radius 1 is 0.969 bits per heavy atom. The largest absolute Gasteiger partial charge is 0.412 e. The summed E-state index contributed by atoms with van der Waals surface area (Å²) in [5, 5.41) is 3.91. The van der Waals surface area contributed by atoms with Gasteiger partial charge in [0.2, 0.25) is 14.3 Å². The number of aromatic nitrogens is 2. The minimum absolute atomic E-state index is 0.283. The topological polar surface area (TPSA) is 49.9 Å². The van der Waals surface area contributed by atoms with Gasteiger partial charge in [0.25, 0.3) is 0 Å². The molecule has 4 aliphatic rings. The first-order valence-electron chi connectivity index (χ1n) is 13.1. The molecule has 4 fully saturated rings. The second-order valence-electron chi connectivity index (χ2n) is 12.4. The molecule has 0 amide bonds. The van der Waals surface area contributed by atoms with Crippen LogP contribution in [0.15, 0.2) is 18.2 Å². The zero-order chi connectivity index (χ0) is 22.7. The second kappa shape index (κ2) is 8.16. The fourth-order valence-electron chi connectivity index (χ4n) is 8.43. The number of fused-ring (bicyclic) bond motifs is 1. The molecular weight excluding hydrogens is 410 g/mol. The van der Waals surface area contributed by atoms with Crippen molar-refractivity contribution in [2.45, 2.75) is 109 Å².